The van der Waals surface area contributed by atoms with E-state index >= 15 is 0 Å². The number of phenolic OH excluding ortho intramolecular Hbond substituents is 1. The Labute approximate surface area is 342 Å². The van der Waals surface area contributed by atoms with Crippen LogP contribution in [-0.4, -0.2) is 20.5 Å². The number of carbonyl (C=O) groups excluding carboxylic acids is 1. The van der Waals surface area contributed by atoms with Gasteiger partial charge in [0.25, 0.3) is 0 Å². The first-order chi connectivity index (χ1) is 29.1. The van der Waals surface area contributed by atoms with Crippen molar-refractivity contribution in [1.29, 1.82) is 0 Å². The van der Waals surface area contributed by atoms with Crippen molar-refractivity contribution in [3.05, 3.63) is 211 Å². The van der Waals surface area contributed by atoms with Gasteiger partial charge in [-0.15, -0.1) is 0 Å². The number of nitrogens with zero attached hydrogens (tertiary/aromatic N) is 3. The number of allylic oxidation sites excluding steroid dienone is 1. The summed E-state index contributed by atoms with van der Waals surface area (Å²) in [5, 5.41) is 13.6. The lowest BCUT2D eigenvalue weighted by Crippen LogP contribution is -2.09. The third-order valence-corrected chi connectivity index (χ3v) is 11.2. The number of aromatic nitrogens is 2. The third kappa shape index (κ3) is 6.26. The van der Waals surface area contributed by atoms with Gasteiger partial charge in [-0.25, -0.2) is 0 Å². The number of para-hydroxylation sites is 3. The SMILES string of the molecule is C/C=C\c1c(C=O)c2cc(-c3ccc(N(c4ccc(O)cc4)c4ccc(-c5ccc6c7ccccc7n(-c7ccccc7)c6c5)cc4)cc3)ccc2n1-c1ccccc1. The molecule has 0 fully saturated rings. The van der Waals surface area contributed by atoms with Gasteiger partial charge in [-0.05, 0) is 132 Å². The Hall–Kier alpha value is -7.89. The minimum absolute atomic E-state index is 0.214. The van der Waals surface area contributed by atoms with Crippen LogP contribution in [0.1, 0.15) is 23.0 Å². The normalized spacial score (nSPS) is 11.5. The predicted octanol–water partition coefficient (Wildman–Crippen LogP) is 14.1. The van der Waals surface area contributed by atoms with Crippen molar-refractivity contribution < 1.29 is 9.90 Å². The summed E-state index contributed by atoms with van der Waals surface area (Å²) >= 11 is 0. The third-order valence-electron chi connectivity index (χ3n) is 11.2. The Kier molecular flexibility index (Phi) is 8.96. The first kappa shape index (κ1) is 35.5. The van der Waals surface area contributed by atoms with Crippen molar-refractivity contribution in [2.75, 3.05) is 4.90 Å². The molecule has 0 spiro atoms. The van der Waals surface area contributed by atoms with Crippen molar-refractivity contribution in [2.45, 2.75) is 6.92 Å². The van der Waals surface area contributed by atoms with E-state index < -0.39 is 0 Å². The van der Waals surface area contributed by atoms with Crippen molar-refractivity contribution >= 4 is 62.1 Å². The average Bonchev–Trinajstić information content (AvgIpc) is 3.79. The van der Waals surface area contributed by atoms with E-state index in [-0.39, 0.29) is 5.75 Å². The highest BCUT2D eigenvalue weighted by atomic mass is 16.3. The van der Waals surface area contributed by atoms with Crippen LogP contribution in [0.15, 0.2) is 200 Å². The molecule has 0 aliphatic rings. The number of anilines is 3. The molecule has 282 valence electrons. The molecule has 2 heterocycles. The van der Waals surface area contributed by atoms with E-state index in [4.69, 9.17) is 0 Å². The minimum atomic E-state index is 0.214. The lowest BCUT2D eigenvalue weighted by Gasteiger charge is -2.26. The fourth-order valence-electron chi connectivity index (χ4n) is 8.48. The summed E-state index contributed by atoms with van der Waals surface area (Å²) in [5.74, 6) is 0.214. The van der Waals surface area contributed by atoms with E-state index in [0.29, 0.717) is 5.56 Å². The first-order valence-electron chi connectivity index (χ1n) is 19.8. The molecule has 8 aromatic carbocycles. The van der Waals surface area contributed by atoms with Gasteiger partial charge in [-0.2, -0.15) is 0 Å². The smallest absolute Gasteiger partial charge is 0.152 e. The van der Waals surface area contributed by atoms with Gasteiger partial charge in [0, 0.05) is 50.2 Å². The molecular formula is C54H39N3O2. The van der Waals surface area contributed by atoms with Crippen LogP contribution in [0.25, 0.3) is 72.4 Å². The van der Waals surface area contributed by atoms with E-state index in [1.54, 1.807) is 12.1 Å². The molecule has 59 heavy (non-hydrogen) atoms. The number of carbonyl (C=O) groups is 1. The van der Waals surface area contributed by atoms with Gasteiger partial charge in [0.05, 0.1) is 22.2 Å². The Bertz CT molecular complexity index is 3160. The summed E-state index contributed by atoms with van der Waals surface area (Å²) in [4.78, 5) is 14.8. The maximum Gasteiger partial charge on any atom is 0.152 e. The number of fused-ring (bicyclic) bond motifs is 4. The molecule has 0 aliphatic heterocycles. The van der Waals surface area contributed by atoms with Crippen LogP contribution in [-0.2, 0) is 0 Å². The summed E-state index contributed by atoms with van der Waals surface area (Å²) in [5.41, 5.74) is 14.2. The quantitative estimate of drug-likeness (QED) is 0.149. The second-order valence-electron chi connectivity index (χ2n) is 14.7. The lowest BCUT2D eigenvalue weighted by atomic mass is 10.0. The molecule has 10 rings (SSSR count). The Balaban J connectivity index is 1.02. The van der Waals surface area contributed by atoms with Crippen molar-refractivity contribution in [1.82, 2.24) is 9.13 Å². The average molecular weight is 762 g/mol. The zero-order valence-corrected chi connectivity index (χ0v) is 32.4. The number of aldehydes is 1. The molecule has 0 radical (unpaired) electrons. The predicted molar refractivity (Wildman–Crippen MR) is 245 cm³/mol. The first-order valence-corrected chi connectivity index (χ1v) is 19.8. The van der Waals surface area contributed by atoms with Gasteiger partial charge in [0.15, 0.2) is 6.29 Å². The maximum absolute atomic E-state index is 12.6. The van der Waals surface area contributed by atoms with Crippen molar-refractivity contribution in [2.24, 2.45) is 0 Å². The van der Waals surface area contributed by atoms with Gasteiger partial charge < -0.3 is 19.1 Å². The van der Waals surface area contributed by atoms with Crippen LogP contribution in [0.4, 0.5) is 17.1 Å². The van der Waals surface area contributed by atoms with E-state index in [9.17, 15) is 9.90 Å². The molecule has 0 amide bonds. The van der Waals surface area contributed by atoms with E-state index in [0.717, 1.165) is 73.6 Å². The molecule has 1 N–H and O–H groups in total. The van der Waals surface area contributed by atoms with Crippen LogP contribution < -0.4 is 4.90 Å². The summed E-state index contributed by atoms with van der Waals surface area (Å²) < 4.78 is 4.50. The van der Waals surface area contributed by atoms with Crippen LogP contribution in [0.5, 0.6) is 5.75 Å². The molecule has 0 aliphatic carbocycles. The fourth-order valence-corrected chi connectivity index (χ4v) is 8.48. The number of phenols is 1. The molecule has 0 atom stereocenters. The Morgan fingerprint density at radius 2 is 0.949 bits per heavy atom. The lowest BCUT2D eigenvalue weighted by molar-refractivity contribution is 0.112. The molecular weight excluding hydrogens is 723 g/mol. The highest BCUT2D eigenvalue weighted by molar-refractivity contribution is 6.10. The second kappa shape index (κ2) is 14.9. The second-order valence-corrected chi connectivity index (χ2v) is 14.7. The van der Waals surface area contributed by atoms with Crippen LogP contribution in [0.3, 0.4) is 0 Å². The molecule has 10 aromatic rings. The molecule has 0 unspecified atom stereocenters. The molecule has 5 heteroatoms. The van der Waals surface area contributed by atoms with Crippen molar-refractivity contribution in [3.8, 4) is 39.4 Å². The van der Waals surface area contributed by atoms with Gasteiger partial charge in [-0.3, -0.25) is 4.79 Å². The van der Waals surface area contributed by atoms with Gasteiger partial charge in [-0.1, -0.05) is 103 Å². The summed E-state index contributed by atoms with van der Waals surface area (Å²) in [6.07, 6.45) is 4.94. The molecule has 5 nitrogen and oxygen atoms in total. The van der Waals surface area contributed by atoms with Crippen LogP contribution >= 0.6 is 0 Å². The number of benzene rings is 8. The Morgan fingerprint density at radius 3 is 1.56 bits per heavy atom. The van der Waals surface area contributed by atoms with Gasteiger partial charge in [0.1, 0.15) is 5.75 Å². The van der Waals surface area contributed by atoms with Gasteiger partial charge in [0.2, 0.25) is 0 Å². The summed E-state index contributed by atoms with van der Waals surface area (Å²) in [6.45, 7) is 1.97. The molecule has 0 saturated carbocycles. The highest BCUT2D eigenvalue weighted by Crippen LogP contribution is 2.40. The zero-order chi connectivity index (χ0) is 39.9. The van der Waals surface area contributed by atoms with Crippen molar-refractivity contribution in [3.63, 3.8) is 0 Å². The molecule has 2 aromatic heterocycles. The maximum atomic E-state index is 12.6. The minimum Gasteiger partial charge on any atom is -0.508 e. The molecule has 0 bridgehead atoms. The fraction of sp³-hybridized carbons (Fsp3) is 0.0185. The Morgan fingerprint density at radius 1 is 0.458 bits per heavy atom. The van der Waals surface area contributed by atoms with Crippen LogP contribution in [0, 0.1) is 0 Å². The molecule has 0 saturated heterocycles. The summed E-state index contributed by atoms with van der Waals surface area (Å²) in [7, 11) is 0. The van der Waals surface area contributed by atoms with E-state index in [1.165, 1.54) is 21.8 Å². The largest absolute Gasteiger partial charge is 0.508 e. The topological polar surface area (TPSA) is 50.4 Å². The summed E-state index contributed by atoms with van der Waals surface area (Å²) in [6, 6.07) is 66.8. The number of aromatic hydroxyl groups is 1. The monoisotopic (exact) mass is 761 g/mol. The van der Waals surface area contributed by atoms with Gasteiger partial charge >= 0.3 is 0 Å². The van der Waals surface area contributed by atoms with Crippen LogP contribution in [0.2, 0.25) is 0 Å². The zero-order valence-electron chi connectivity index (χ0n) is 32.4. The number of hydrogen-bond acceptors (Lipinski definition) is 3. The number of rotatable bonds is 9. The van der Waals surface area contributed by atoms with E-state index in [2.05, 4.69) is 166 Å². The number of hydrogen-bond donors (Lipinski definition) is 1. The highest BCUT2D eigenvalue weighted by Gasteiger charge is 2.19. The van der Waals surface area contributed by atoms with E-state index in [1.807, 2.05) is 49.4 Å². The standard InChI is InChI=1S/C54H39N3O2/c1-2-11-51-50(36-58)49-34-39(23-33-53(49)56(51)41-12-5-3-6-13-41)37-18-24-43(25-19-37)55(45-28-30-46(59)31-29-45)44-26-20-38(21-27-44)40-22-32-48-47-16-9-10-17-52(47)57(54(48)35-40)42-14-7-4-8-15-42/h2-36,59H,1H3/b11-2-.